The number of anilines is 1. The number of rotatable bonds is 4. The Balaban J connectivity index is 1.70. The smallest absolute Gasteiger partial charge is 0.242 e. The van der Waals surface area contributed by atoms with Crippen LogP contribution in [0.5, 0.6) is 0 Å². The van der Waals surface area contributed by atoms with Crippen molar-refractivity contribution >= 4 is 37.5 Å². The summed E-state index contributed by atoms with van der Waals surface area (Å²) in [4.78, 5) is 14.6. The maximum atomic E-state index is 13.2. The highest BCUT2D eigenvalue weighted by Gasteiger charge is 2.40. The van der Waals surface area contributed by atoms with Crippen molar-refractivity contribution in [2.45, 2.75) is 62.8 Å². The predicted octanol–water partition coefficient (Wildman–Crippen LogP) is 3.61. The number of fused-ring (bicyclic) bond motifs is 1. The normalized spacial score (nSPS) is 26.0. The molecule has 7 heteroatoms. The van der Waals surface area contributed by atoms with E-state index in [1.165, 1.54) is 0 Å². The van der Waals surface area contributed by atoms with Crippen LogP contribution >= 0.6 is 15.9 Å². The van der Waals surface area contributed by atoms with Crippen molar-refractivity contribution in [3.05, 3.63) is 22.2 Å². The number of nitrogens with one attached hydrogen (secondary N) is 1. The number of benzene rings is 1. The van der Waals surface area contributed by atoms with Crippen molar-refractivity contribution in [1.82, 2.24) is 4.72 Å². The fourth-order valence-corrected chi connectivity index (χ4v) is 6.51. The summed E-state index contributed by atoms with van der Waals surface area (Å²) >= 11 is 3.45. The molecule has 1 aliphatic heterocycles. The van der Waals surface area contributed by atoms with Crippen LogP contribution < -0.4 is 9.62 Å². The number of halogens is 1. The summed E-state index contributed by atoms with van der Waals surface area (Å²) in [6.45, 7) is 2.68. The lowest BCUT2D eigenvalue weighted by Gasteiger charge is -2.30. The minimum Gasteiger partial charge on any atom is -0.310 e. The molecule has 2 fully saturated rings. The molecule has 3 aliphatic rings. The Hall–Kier alpha value is -0.920. The lowest BCUT2D eigenvalue weighted by molar-refractivity contribution is -0.119. The summed E-state index contributed by atoms with van der Waals surface area (Å²) in [5, 5.41) is 0. The van der Waals surface area contributed by atoms with E-state index in [0.717, 1.165) is 48.6 Å². The molecule has 0 saturated heterocycles. The van der Waals surface area contributed by atoms with Crippen LogP contribution in [0.15, 0.2) is 21.5 Å². The highest BCUT2D eigenvalue weighted by atomic mass is 79.9. The molecule has 142 valence electrons. The van der Waals surface area contributed by atoms with E-state index in [2.05, 4.69) is 27.6 Å². The molecular formula is C19H25BrN2O3S. The van der Waals surface area contributed by atoms with Crippen LogP contribution in [-0.4, -0.2) is 26.9 Å². The van der Waals surface area contributed by atoms with Gasteiger partial charge in [0.2, 0.25) is 15.9 Å². The van der Waals surface area contributed by atoms with Gasteiger partial charge in [0.15, 0.2) is 0 Å². The Kier molecular flexibility index (Phi) is 4.90. The second-order valence-electron chi connectivity index (χ2n) is 7.92. The highest BCUT2D eigenvalue weighted by Crippen LogP contribution is 2.41. The van der Waals surface area contributed by atoms with Crippen molar-refractivity contribution in [2.75, 3.05) is 11.4 Å². The van der Waals surface area contributed by atoms with E-state index in [-0.39, 0.29) is 22.8 Å². The van der Waals surface area contributed by atoms with Crippen LogP contribution in [-0.2, 0) is 21.2 Å². The third-order valence-corrected chi connectivity index (χ3v) is 7.85. The van der Waals surface area contributed by atoms with Crippen LogP contribution in [0.25, 0.3) is 0 Å². The predicted molar refractivity (Wildman–Crippen MR) is 105 cm³/mol. The first-order valence-corrected chi connectivity index (χ1v) is 11.8. The van der Waals surface area contributed by atoms with E-state index < -0.39 is 10.0 Å². The first kappa shape index (κ1) is 18.4. The van der Waals surface area contributed by atoms with E-state index in [9.17, 15) is 13.2 Å². The summed E-state index contributed by atoms with van der Waals surface area (Å²) < 4.78 is 30.2. The van der Waals surface area contributed by atoms with Gasteiger partial charge in [-0.25, -0.2) is 13.1 Å². The molecular weight excluding hydrogens is 416 g/mol. The maximum Gasteiger partial charge on any atom is 0.242 e. The topological polar surface area (TPSA) is 66.5 Å². The van der Waals surface area contributed by atoms with Crippen molar-refractivity contribution in [3.8, 4) is 0 Å². The van der Waals surface area contributed by atoms with E-state index in [1.54, 1.807) is 11.0 Å². The standard InChI is InChI=1S/C19H25BrN2O3S/c1-12-4-2-3-5-16(12)21-26(24,25)17-11-15(20)10-14-8-9-22(18(14)17)19(23)13-6-7-13/h10-13,16,21H,2-9H2,1H3. The number of hydrogen-bond acceptors (Lipinski definition) is 3. The molecule has 1 amide bonds. The van der Waals surface area contributed by atoms with Gasteiger partial charge in [-0.3, -0.25) is 4.79 Å². The third kappa shape index (κ3) is 3.45. The summed E-state index contributed by atoms with van der Waals surface area (Å²) in [5.41, 5.74) is 1.53. The summed E-state index contributed by atoms with van der Waals surface area (Å²) in [5.74, 6) is 0.489. The molecule has 0 radical (unpaired) electrons. The van der Waals surface area contributed by atoms with Gasteiger partial charge in [-0.05, 0) is 55.7 Å². The molecule has 2 aliphatic carbocycles. The zero-order valence-corrected chi connectivity index (χ0v) is 17.4. The molecule has 2 saturated carbocycles. The van der Waals surface area contributed by atoms with Crippen LogP contribution in [0, 0.1) is 11.8 Å². The Morgan fingerprint density at radius 1 is 1.19 bits per heavy atom. The van der Waals surface area contributed by atoms with Crippen LogP contribution in [0.4, 0.5) is 5.69 Å². The first-order chi connectivity index (χ1) is 12.4. The fourth-order valence-electron chi connectivity index (χ4n) is 4.20. The monoisotopic (exact) mass is 440 g/mol. The first-order valence-electron chi connectivity index (χ1n) is 9.53. The van der Waals surface area contributed by atoms with Gasteiger partial charge in [0, 0.05) is 23.0 Å². The molecule has 1 N–H and O–H groups in total. The molecule has 1 aromatic rings. The quantitative estimate of drug-likeness (QED) is 0.777. The fraction of sp³-hybridized carbons (Fsp3) is 0.632. The Morgan fingerprint density at radius 2 is 1.92 bits per heavy atom. The number of carbonyl (C=O) groups excluding carboxylic acids is 1. The second kappa shape index (κ2) is 6.91. The minimum atomic E-state index is -3.69. The van der Waals surface area contributed by atoms with Crippen LogP contribution in [0.3, 0.4) is 0 Å². The summed E-state index contributed by atoms with van der Waals surface area (Å²) in [6, 6.07) is 3.56. The number of amides is 1. The van der Waals surface area contributed by atoms with Crippen molar-refractivity contribution < 1.29 is 13.2 Å². The van der Waals surface area contributed by atoms with Gasteiger partial charge >= 0.3 is 0 Å². The zero-order valence-electron chi connectivity index (χ0n) is 15.0. The molecule has 2 unspecified atom stereocenters. The van der Waals surface area contributed by atoms with Crippen LogP contribution in [0.2, 0.25) is 0 Å². The molecule has 0 spiro atoms. The molecule has 0 aromatic heterocycles. The minimum absolute atomic E-state index is 0.0302. The van der Waals surface area contributed by atoms with E-state index >= 15 is 0 Å². The van der Waals surface area contributed by atoms with E-state index in [4.69, 9.17) is 0 Å². The van der Waals surface area contributed by atoms with Gasteiger partial charge in [-0.15, -0.1) is 0 Å². The van der Waals surface area contributed by atoms with Gasteiger partial charge in [0.1, 0.15) is 4.90 Å². The van der Waals surface area contributed by atoms with Gasteiger partial charge in [-0.2, -0.15) is 0 Å². The summed E-state index contributed by atoms with van der Waals surface area (Å²) in [6.07, 6.45) is 6.69. The van der Waals surface area contributed by atoms with Crippen LogP contribution in [0.1, 0.15) is 51.0 Å². The van der Waals surface area contributed by atoms with Crippen molar-refractivity contribution in [3.63, 3.8) is 0 Å². The largest absolute Gasteiger partial charge is 0.310 e. The number of nitrogens with zero attached hydrogens (tertiary/aromatic N) is 1. The van der Waals surface area contributed by atoms with Gasteiger partial charge in [0.05, 0.1) is 5.69 Å². The maximum absolute atomic E-state index is 13.2. The molecule has 4 rings (SSSR count). The molecule has 0 bridgehead atoms. The SMILES string of the molecule is CC1CCCCC1NS(=O)(=O)c1cc(Br)cc2c1N(C(=O)C1CC1)CC2. The Labute approximate surface area is 163 Å². The van der Waals surface area contributed by atoms with Gasteiger partial charge < -0.3 is 4.90 Å². The number of carbonyl (C=O) groups is 1. The molecule has 5 nitrogen and oxygen atoms in total. The lowest BCUT2D eigenvalue weighted by atomic mass is 9.87. The van der Waals surface area contributed by atoms with E-state index in [1.807, 2.05) is 6.07 Å². The lowest BCUT2D eigenvalue weighted by Crippen LogP contribution is -2.41. The van der Waals surface area contributed by atoms with Crippen molar-refractivity contribution in [2.24, 2.45) is 11.8 Å². The molecule has 1 heterocycles. The molecule has 2 atom stereocenters. The third-order valence-electron chi connectivity index (χ3n) is 5.89. The molecule has 1 aromatic carbocycles. The van der Waals surface area contributed by atoms with Gasteiger partial charge in [-0.1, -0.05) is 35.7 Å². The van der Waals surface area contributed by atoms with Crippen molar-refractivity contribution in [1.29, 1.82) is 0 Å². The number of sulfonamides is 1. The average Bonchev–Trinajstić information content (AvgIpc) is 3.35. The van der Waals surface area contributed by atoms with E-state index in [0.29, 0.717) is 24.6 Å². The van der Waals surface area contributed by atoms with Gasteiger partial charge in [0.25, 0.3) is 0 Å². The zero-order chi connectivity index (χ0) is 18.5. The second-order valence-corrected chi connectivity index (χ2v) is 10.5. The number of hydrogen-bond donors (Lipinski definition) is 1. The molecule has 26 heavy (non-hydrogen) atoms. The Morgan fingerprint density at radius 3 is 2.62 bits per heavy atom. The highest BCUT2D eigenvalue weighted by molar-refractivity contribution is 9.10. The summed E-state index contributed by atoms with van der Waals surface area (Å²) in [7, 11) is -3.69. The Bertz CT molecular complexity index is 835. The average molecular weight is 441 g/mol.